The van der Waals surface area contributed by atoms with Gasteiger partial charge in [-0.2, -0.15) is 0 Å². The summed E-state index contributed by atoms with van der Waals surface area (Å²) in [4.78, 5) is 11.3. The molecular weight excluding hydrogens is 286 g/mol. The van der Waals surface area contributed by atoms with Gasteiger partial charge in [0.25, 0.3) is 0 Å². The van der Waals surface area contributed by atoms with E-state index in [0.717, 1.165) is 12.8 Å². The molecule has 1 unspecified atom stereocenters. The van der Waals surface area contributed by atoms with Crippen molar-refractivity contribution < 1.29 is 9.90 Å². The van der Waals surface area contributed by atoms with E-state index in [2.05, 4.69) is 24.4 Å². The van der Waals surface area contributed by atoms with Crippen LogP contribution >= 0.6 is 0 Å². The molecule has 0 saturated heterocycles. The second-order valence-electron chi connectivity index (χ2n) is 6.58. The predicted molar refractivity (Wildman–Crippen MR) is 99.3 cm³/mol. The number of aliphatic hydroxyl groups excluding tert-OH is 1. The van der Waals surface area contributed by atoms with Crippen LogP contribution in [0.5, 0.6) is 0 Å². The molecule has 0 saturated carbocycles. The zero-order valence-electron chi connectivity index (χ0n) is 15.5. The van der Waals surface area contributed by atoms with Crippen molar-refractivity contribution in [1.29, 1.82) is 0 Å². The number of amides is 1. The summed E-state index contributed by atoms with van der Waals surface area (Å²) >= 11 is 0. The fourth-order valence-corrected chi connectivity index (χ4v) is 2.66. The van der Waals surface area contributed by atoms with Crippen LogP contribution in [-0.4, -0.2) is 17.2 Å². The first-order valence-electron chi connectivity index (χ1n) is 9.79. The number of carbonyl (C=O) groups excluding carboxylic acids is 1. The van der Waals surface area contributed by atoms with Crippen LogP contribution in [0.15, 0.2) is 12.2 Å². The van der Waals surface area contributed by atoms with Crippen LogP contribution in [0.3, 0.4) is 0 Å². The molecule has 0 rings (SSSR count). The maximum Gasteiger partial charge on any atom is 0.221 e. The highest BCUT2D eigenvalue weighted by Crippen LogP contribution is 2.09. The van der Waals surface area contributed by atoms with E-state index in [0.29, 0.717) is 6.42 Å². The number of hydrogen-bond donors (Lipinski definition) is 2. The molecule has 0 aromatic carbocycles. The van der Waals surface area contributed by atoms with Crippen LogP contribution in [0.4, 0.5) is 0 Å². The third-order valence-corrected chi connectivity index (χ3v) is 4.04. The zero-order chi connectivity index (χ0) is 17.2. The van der Waals surface area contributed by atoms with E-state index >= 15 is 0 Å². The van der Waals surface area contributed by atoms with E-state index in [1.54, 1.807) is 6.92 Å². The Morgan fingerprint density at radius 2 is 1.35 bits per heavy atom. The third kappa shape index (κ3) is 19.1. The van der Waals surface area contributed by atoms with Gasteiger partial charge >= 0.3 is 0 Å². The number of unbranched alkanes of at least 4 members (excludes halogenated alkanes) is 11. The molecule has 0 spiro atoms. The summed E-state index contributed by atoms with van der Waals surface area (Å²) in [6.45, 7) is 3.83. The van der Waals surface area contributed by atoms with Crippen molar-refractivity contribution in [1.82, 2.24) is 5.32 Å². The number of rotatable bonds is 16. The van der Waals surface area contributed by atoms with Crippen molar-refractivity contribution in [2.24, 2.45) is 0 Å². The summed E-state index contributed by atoms with van der Waals surface area (Å²) in [5.74, 6) is -0.0439. The van der Waals surface area contributed by atoms with E-state index in [9.17, 15) is 4.79 Å². The van der Waals surface area contributed by atoms with Crippen molar-refractivity contribution in [3.8, 4) is 0 Å². The first-order valence-corrected chi connectivity index (χ1v) is 9.79. The first-order chi connectivity index (χ1) is 11.2. The minimum absolute atomic E-state index is 0.0439. The topological polar surface area (TPSA) is 49.3 Å². The van der Waals surface area contributed by atoms with Gasteiger partial charge in [0.15, 0.2) is 0 Å². The molecule has 0 radical (unpaired) electrons. The standard InChI is InChI=1S/C20H39NO2/c1-3-4-5-6-7-8-9-10-11-12-13-14-15-16-17-18-20(23)21-19(2)22/h10-11,19,22H,3-9,12-18H2,1-2H3,(H,21,23). The number of allylic oxidation sites excluding steroid dienone is 2. The van der Waals surface area contributed by atoms with Crippen LogP contribution in [0.1, 0.15) is 104 Å². The minimum Gasteiger partial charge on any atom is -0.374 e. The van der Waals surface area contributed by atoms with Crippen LogP contribution in [-0.2, 0) is 4.79 Å². The molecule has 0 aliphatic rings. The highest BCUT2D eigenvalue weighted by molar-refractivity contribution is 5.75. The van der Waals surface area contributed by atoms with Crippen molar-refractivity contribution in [3.05, 3.63) is 12.2 Å². The van der Waals surface area contributed by atoms with Crippen molar-refractivity contribution >= 4 is 5.91 Å². The van der Waals surface area contributed by atoms with E-state index in [4.69, 9.17) is 5.11 Å². The van der Waals surface area contributed by atoms with Gasteiger partial charge in [0, 0.05) is 6.42 Å². The van der Waals surface area contributed by atoms with Crippen molar-refractivity contribution in [3.63, 3.8) is 0 Å². The number of hydrogen-bond acceptors (Lipinski definition) is 2. The van der Waals surface area contributed by atoms with Gasteiger partial charge in [-0.05, 0) is 39.0 Å². The van der Waals surface area contributed by atoms with Gasteiger partial charge in [-0.25, -0.2) is 0 Å². The number of aliphatic hydroxyl groups is 1. The van der Waals surface area contributed by atoms with Crippen LogP contribution in [0.2, 0.25) is 0 Å². The maximum atomic E-state index is 11.3. The Balaban J connectivity index is 3.18. The number of carbonyl (C=O) groups is 1. The molecule has 1 atom stereocenters. The highest BCUT2D eigenvalue weighted by Gasteiger charge is 2.02. The molecule has 136 valence electrons. The summed E-state index contributed by atoms with van der Waals surface area (Å²) in [6, 6.07) is 0. The largest absolute Gasteiger partial charge is 0.374 e. The van der Waals surface area contributed by atoms with E-state index in [1.165, 1.54) is 70.6 Å². The third-order valence-electron chi connectivity index (χ3n) is 4.04. The lowest BCUT2D eigenvalue weighted by molar-refractivity contribution is -0.123. The Kier molecular flexibility index (Phi) is 16.9. The van der Waals surface area contributed by atoms with Gasteiger partial charge in [0.1, 0.15) is 6.23 Å². The predicted octanol–water partition coefficient (Wildman–Crippen LogP) is 5.48. The van der Waals surface area contributed by atoms with E-state index in [-0.39, 0.29) is 5.91 Å². The summed E-state index contributed by atoms with van der Waals surface area (Å²) < 4.78 is 0. The SMILES string of the molecule is CCCCCCCCC=CCCCCCCCC(=O)NC(C)O. The smallest absolute Gasteiger partial charge is 0.221 e. The monoisotopic (exact) mass is 325 g/mol. The average molecular weight is 326 g/mol. The summed E-state index contributed by atoms with van der Waals surface area (Å²) in [6.07, 6.45) is 20.9. The van der Waals surface area contributed by atoms with E-state index < -0.39 is 6.23 Å². The normalized spacial score (nSPS) is 12.7. The Morgan fingerprint density at radius 3 is 1.87 bits per heavy atom. The van der Waals surface area contributed by atoms with E-state index in [1.807, 2.05) is 0 Å². The molecule has 0 heterocycles. The average Bonchev–Trinajstić information content (AvgIpc) is 2.50. The Morgan fingerprint density at radius 1 is 0.870 bits per heavy atom. The molecule has 0 aliphatic heterocycles. The minimum atomic E-state index is -0.731. The van der Waals surface area contributed by atoms with Gasteiger partial charge in [-0.15, -0.1) is 0 Å². The Labute approximate surface area is 143 Å². The van der Waals surface area contributed by atoms with Crippen LogP contribution in [0.25, 0.3) is 0 Å². The van der Waals surface area contributed by atoms with Gasteiger partial charge < -0.3 is 10.4 Å². The molecule has 2 N–H and O–H groups in total. The number of nitrogens with one attached hydrogen (secondary N) is 1. The summed E-state index contributed by atoms with van der Waals surface area (Å²) in [7, 11) is 0. The molecule has 3 nitrogen and oxygen atoms in total. The fourth-order valence-electron chi connectivity index (χ4n) is 2.66. The van der Waals surface area contributed by atoms with Crippen molar-refractivity contribution in [2.75, 3.05) is 0 Å². The molecule has 0 aromatic heterocycles. The molecular formula is C20H39NO2. The molecule has 0 bridgehead atoms. The Bertz CT molecular complexity index is 287. The second-order valence-corrected chi connectivity index (χ2v) is 6.58. The van der Waals surface area contributed by atoms with Crippen LogP contribution < -0.4 is 5.32 Å². The first kappa shape index (κ1) is 22.2. The lowest BCUT2D eigenvalue weighted by Gasteiger charge is -2.06. The van der Waals surface area contributed by atoms with Crippen molar-refractivity contribution in [2.45, 2.75) is 110 Å². The quantitative estimate of drug-likeness (QED) is 0.224. The molecule has 1 amide bonds. The zero-order valence-corrected chi connectivity index (χ0v) is 15.5. The van der Waals surface area contributed by atoms with Gasteiger partial charge in [-0.3, -0.25) is 4.79 Å². The molecule has 0 aromatic rings. The molecule has 23 heavy (non-hydrogen) atoms. The highest BCUT2D eigenvalue weighted by atomic mass is 16.3. The summed E-state index contributed by atoms with van der Waals surface area (Å²) in [5.41, 5.74) is 0. The second kappa shape index (κ2) is 17.5. The maximum absolute atomic E-state index is 11.3. The van der Waals surface area contributed by atoms with Gasteiger partial charge in [-0.1, -0.05) is 70.4 Å². The van der Waals surface area contributed by atoms with Crippen LogP contribution in [0, 0.1) is 0 Å². The van der Waals surface area contributed by atoms with Gasteiger partial charge in [0.2, 0.25) is 5.91 Å². The molecule has 3 heteroatoms. The van der Waals surface area contributed by atoms with Gasteiger partial charge in [0.05, 0.1) is 0 Å². The lowest BCUT2D eigenvalue weighted by atomic mass is 10.1. The molecule has 0 aliphatic carbocycles. The Hall–Kier alpha value is -0.830. The fraction of sp³-hybridized carbons (Fsp3) is 0.850. The molecule has 0 fully saturated rings. The lowest BCUT2D eigenvalue weighted by Crippen LogP contribution is -2.31. The summed E-state index contributed by atoms with van der Waals surface area (Å²) in [5, 5.41) is 11.5.